The van der Waals surface area contributed by atoms with Crippen LogP contribution in [-0.2, 0) is 11.2 Å². The summed E-state index contributed by atoms with van der Waals surface area (Å²) in [5, 5.41) is 3.22. The van der Waals surface area contributed by atoms with Crippen LogP contribution in [0.1, 0.15) is 18.4 Å². The van der Waals surface area contributed by atoms with Crippen molar-refractivity contribution in [1.29, 1.82) is 0 Å². The molecule has 1 aromatic carbocycles. The van der Waals surface area contributed by atoms with E-state index in [9.17, 15) is 0 Å². The highest BCUT2D eigenvalue weighted by atomic mass is 16.5. The van der Waals surface area contributed by atoms with Crippen LogP contribution in [0, 0.1) is 5.92 Å². The van der Waals surface area contributed by atoms with E-state index in [2.05, 4.69) is 35.6 Å². The fourth-order valence-electron chi connectivity index (χ4n) is 2.25. The fraction of sp³-hybridized carbons (Fsp3) is 0.571. The Labute approximate surface area is 98.0 Å². The zero-order valence-electron chi connectivity index (χ0n) is 9.99. The van der Waals surface area contributed by atoms with E-state index in [4.69, 9.17) is 4.74 Å². The molecule has 1 saturated carbocycles. The molecule has 0 radical (unpaired) electrons. The Morgan fingerprint density at radius 3 is 2.69 bits per heavy atom. The first-order chi connectivity index (χ1) is 7.88. The summed E-state index contributed by atoms with van der Waals surface area (Å²) < 4.78 is 5.83. The lowest BCUT2D eigenvalue weighted by molar-refractivity contribution is -0.0280. The minimum atomic E-state index is 0.516. The quantitative estimate of drug-likeness (QED) is 0.792. The lowest BCUT2D eigenvalue weighted by Crippen LogP contribution is -2.37. The first-order valence-electron chi connectivity index (χ1n) is 6.18. The number of nitrogens with one attached hydrogen (secondary N) is 1. The maximum Gasteiger partial charge on any atom is 0.0581 e. The van der Waals surface area contributed by atoms with E-state index in [-0.39, 0.29) is 0 Å². The van der Waals surface area contributed by atoms with Crippen LogP contribution in [0.15, 0.2) is 30.3 Å². The largest absolute Gasteiger partial charge is 0.378 e. The minimum Gasteiger partial charge on any atom is -0.378 e. The molecular formula is C14H21NO. The van der Waals surface area contributed by atoms with Gasteiger partial charge in [0.05, 0.1) is 12.7 Å². The van der Waals surface area contributed by atoms with Gasteiger partial charge in [0.1, 0.15) is 0 Å². The normalized spacial score (nSPS) is 24.1. The molecule has 1 aromatic rings. The maximum absolute atomic E-state index is 5.83. The second kappa shape index (κ2) is 6.02. The molecule has 0 aromatic heterocycles. The number of hydrogen-bond donors (Lipinski definition) is 1. The van der Waals surface area contributed by atoms with Gasteiger partial charge in [0, 0.05) is 0 Å². The van der Waals surface area contributed by atoms with Crippen molar-refractivity contribution in [2.75, 3.05) is 20.2 Å². The molecule has 1 aliphatic carbocycles. The molecule has 0 atom stereocenters. The molecule has 88 valence electrons. The van der Waals surface area contributed by atoms with Gasteiger partial charge in [0.15, 0.2) is 0 Å². The lowest BCUT2D eigenvalue weighted by Gasteiger charge is -2.35. The third-order valence-electron chi connectivity index (χ3n) is 3.27. The van der Waals surface area contributed by atoms with Crippen molar-refractivity contribution < 1.29 is 4.74 Å². The van der Waals surface area contributed by atoms with Gasteiger partial charge in [0.2, 0.25) is 0 Å². The van der Waals surface area contributed by atoms with Gasteiger partial charge in [-0.05, 0) is 44.3 Å². The van der Waals surface area contributed by atoms with Crippen LogP contribution in [0.2, 0.25) is 0 Å². The van der Waals surface area contributed by atoms with E-state index in [1.54, 1.807) is 0 Å². The van der Waals surface area contributed by atoms with Crippen LogP contribution in [-0.4, -0.2) is 26.3 Å². The topological polar surface area (TPSA) is 21.3 Å². The predicted octanol–water partition coefficient (Wildman–Crippen LogP) is 2.24. The standard InChI is InChI=1S/C14H21NO/c1-15-11-13-9-14(10-13)16-8-7-12-5-3-2-4-6-12/h2-6,13-15H,7-11H2,1H3. The van der Waals surface area contributed by atoms with Crippen molar-refractivity contribution >= 4 is 0 Å². The molecule has 2 nitrogen and oxygen atoms in total. The Hall–Kier alpha value is -0.860. The van der Waals surface area contributed by atoms with Crippen LogP contribution in [0.4, 0.5) is 0 Å². The van der Waals surface area contributed by atoms with E-state index >= 15 is 0 Å². The van der Waals surface area contributed by atoms with E-state index < -0.39 is 0 Å². The molecule has 0 bridgehead atoms. The summed E-state index contributed by atoms with van der Waals surface area (Å²) >= 11 is 0. The van der Waals surface area contributed by atoms with Crippen molar-refractivity contribution in [3.05, 3.63) is 35.9 Å². The molecule has 0 heterocycles. The van der Waals surface area contributed by atoms with E-state index in [1.807, 2.05) is 7.05 Å². The number of rotatable bonds is 6. The SMILES string of the molecule is CNCC1CC(OCCc2ccccc2)C1. The van der Waals surface area contributed by atoms with Crippen LogP contribution in [0.25, 0.3) is 0 Å². The number of hydrogen-bond acceptors (Lipinski definition) is 2. The van der Waals surface area contributed by atoms with E-state index in [0.717, 1.165) is 25.5 Å². The molecule has 2 rings (SSSR count). The van der Waals surface area contributed by atoms with Gasteiger partial charge in [-0.3, -0.25) is 0 Å². The van der Waals surface area contributed by atoms with Crippen molar-refractivity contribution in [3.63, 3.8) is 0 Å². The zero-order chi connectivity index (χ0) is 11.2. The van der Waals surface area contributed by atoms with Gasteiger partial charge in [0.25, 0.3) is 0 Å². The van der Waals surface area contributed by atoms with Gasteiger partial charge in [-0.15, -0.1) is 0 Å². The van der Waals surface area contributed by atoms with Crippen LogP contribution in [0.5, 0.6) is 0 Å². The Kier molecular flexibility index (Phi) is 4.37. The highest BCUT2D eigenvalue weighted by Crippen LogP contribution is 2.29. The number of benzene rings is 1. The molecule has 0 aliphatic heterocycles. The van der Waals surface area contributed by atoms with Gasteiger partial charge in [-0.1, -0.05) is 30.3 Å². The molecule has 1 fully saturated rings. The summed E-state index contributed by atoms with van der Waals surface area (Å²) in [6.45, 7) is 2.00. The Bertz CT molecular complexity index is 293. The second-order valence-corrected chi connectivity index (χ2v) is 4.62. The monoisotopic (exact) mass is 219 g/mol. The van der Waals surface area contributed by atoms with Gasteiger partial charge in [-0.2, -0.15) is 0 Å². The maximum atomic E-state index is 5.83. The molecule has 0 spiro atoms. The third-order valence-corrected chi connectivity index (χ3v) is 3.27. The number of ether oxygens (including phenoxy) is 1. The van der Waals surface area contributed by atoms with Crippen LogP contribution < -0.4 is 5.32 Å². The Morgan fingerprint density at radius 2 is 2.00 bits per heavy atom. The minimum absolute atomic E-state index is 0.516. The smallest absolute Gasteiger partial charge is 0.0581 e. The molecule has 0 amide bonds. The average Bonchev–Trinajstić information content (AvgIpc) is 2.27. The molecule has 1 aliphatic rings. The Balaban J connectivity index is 1.57. The van der Waals surface area contributed by atoms with Crippen molar-refractivity contribution in [1.82, 2.24) is 5.32 Å². The second-order valence-electron chi connectivity index (χ2n) is 4.62. The van der Waals surface area contributed by atoms with E-state index in [0.29, 0.717) is 6.10 Å². The van der Waals surface area contributed by atoms with Crippen molar-refractivity contribution in [3.8, 4) is 0 Å². The summed E-state index contributed by atoms with van der Waals surface area (Å²) in [4.78, 5) is 0. The zero-order valence-corrected chi connectivity index (χ0v) is 9.99. The first-order valence-corrected chi connectivity index (χ1v) is 6.18. The molecule has 2 heteroatoms. The molecule has 16 heavy (non-hydrogen) atoms. The summed E-state index contributed by atoms with van der Waals surface area (Å²) in [6.07, 6.45) is 4.02. The summed E-state index contributed by atoms with van der Waals surface area (Å²) in [6, 6.07) is 10.5. The molecule has 0 saturated heterocycles. The summed E-state index contributed by atoms with van der Waals surface area (Å²) in [5.41, 5.74) is 1.37. The van der Waals surface area contributed by atoms with E-state index in [1.165, 1.54) is 18.4 Å². The molecule has 0 unspecified atom stereocenters. The predicted molar refractivity (Wildman–Crippen MR) is 66.5 cm³/mol. The van der Waals surface area contributed by atoms with Crippen molar-refractivity contribution in [2.45, 2.75) is 25.4 Å². The first kappa shape index (κ1) is 11.6. The third kappa shape index (κ3) is 3.32. The highest BCUT2D eigenvalue weighted by molar-refractivity contribution is 5.14. The van der Waals surface area contributed by atoms with Gasteiger partial charge < -0.3 is 10.1 Å². The summed E-state index contributed by atoms with van der Waals surface area (Å²) in [5.74, 6) is 0.840. The van der Waals surface area contributed by atoms with Gasteiger partial charge in [-0.25, -0.2) is 0 Å². The molecule has 1 N–H and O–H groups in total. The fourth-order valence-corrected chi connectivity index (χ4v) is 2.25. The van der Waals surface area contributed by atoms with Crippen molar-refractivity contribution in [2.24, 2.45) is 5.92 Å². The lowest BCUT2D eigenvalue weighted by atomic mass is 9.82. The Morgan fingerprint density at radius 1 is 1.25 bits per heavy atom. The van der Waals surface area contributed by atoms with Crippen LogP contribution in [0.3, 0.4) is 0 Å². The summed E-state index contributed by atoms with van der Waals surface area (Å²) in [7, 11) is 2.02. The molecular weight excluding hydrogens is 198 g/mol. The average molecular weight is 219 g/mol. The van der Waals surface area contributed by atoms with Crippen LogP contribution >= 0.6 is 0 Å². The highest BCUT2D eigenvalue weighted by Gasteiger charge is 2.28. The van der Waals surface area contributed by atoms with Gasteiger partial charge >= 0.3 is 0 Å².